The van der Waals surface area contributed by atoms with E-state index < -0.39 is 0 Å². The lowest BCUT2D eigenvalue weighted by Gasteiger charge is -2.31. The predicted molar refractivity (Wildman–Crippen MR) is 128 cm³/mol. The molecule has 0 atom stereocenters. The topological polar surface area (TPSA) is 139 Å². The van der Waals surface area contributed by atoms with E-state index >= 15 is 0 Å². The highest BCUT2D eigenvalue weighted by atomic mass is 16.2. The maximum absolute atomic E-state index is 13.3. The Morgan fingerprint density at radius 2 is 2.06 bits per heavy atom. The Labute approximate surface area is 193 Å². The zero-order valence-corrected chi connectivity index (χ0v) is 19.1. The van der Waals surface area contributed by atoms with Gasteiger partial charge in [0.1, 0.15) is 11.4 Å². The van der Waals surface area contributed by atoms with Crippen molar-refractivity contribution in [1.29, 1.82) is 0 Å². The van der Waals surface area contributed by atoms with Crippen LogP contribution in [0, 0.1) is 0 Å². The fraction of sp³-hybridized carbons (Fsp3) is 0.417. The third-order valence-electron chi connectivity index (χ3n) is 6.63. The number of carbonyl (C=O) groups is 1. The lowest BCUT2D eigenvalue weighted by molar-refractivity contribution is 0.102. The average Bonchev–Trinajstić information content (AvgIpc) is 3.23. The molecule has 6 N–H and O–H groups in total. The number of amides is 1. The summed E-state index contributed by atoms with van der Waals surface area (Å²) < 4.78 is 0. The monoisotopic (exact) mass is 446 g/mol. The lowest BCUT2D eigenvalue weighted by Crippen LogP contribution is -2.39. The molecule has 1 aromatic carbocycles. The van der Waals surface area contributed by atoms with Crippen LogP contribution in [0.25, 0.3) is 11.4 Å². The number of carbonyl (C=O) groups excluding carboxylic acids is 1. The second-order valence-electron chi connectivity index (χ2n) is 9.75. The highest BCUT2D eigenvalue weighted by Crippen LogP contribution is 2.42. The van der Waals surface area contributed by atoms with Crippen molar-refractivity contribution in [1.82, 2.24) is 25.1 Å². The molecule has 0 saturated carbocycles. The van der Waals surface area contributed by atoms with E-state index in [1.54, 1.807) is 6.20 Å². The van der Waals surface area contributed by atoms with Gasteiger partial charge in [-0.15, -0.1) is 0 Å². The Kier molecular flexibility index (Phi) is 5.38. The zero-order valence-electron chi connectivity index (χ0n) is 19.1. The van der Waals surface area contributed by atoms with Crippen molar-refractivity contribution in [3.8, 4) is 11.4 Å². The minimum absolute atomic E-state index is 0.195. The number of rotatable bonds is 4. The quantitative estimate of drug-likeness (QED) is 0.483. The van der Waals surface area contributed by atoms with Gasteiger partial charge in [-0.05, 0) is 61.0 Å². The Morgan fingerprint density at radius 1 is 1.27 bits per heavy atom. The Bertz CT molecular complexity index is 1190. The number of likely N-dealkylation sites (tertiary alicyclic amines) is 1. The zero-order chi connectivity index (χ0) is 23.2. The first-order valence-corrected chi connectivity index (χ1v) is 11.4. The number of aromatic amines is 1. The van der Waals surface area contributed by atoms with E-state index in [0.717, 1.165) is 54.9 Å². The molecule has 2 aliphatic rings. The van der Waals surface area contributed by atoms with Gasteiger partial charge in [-0.1, -0.05) is 26.0 Å². The number of benzene rings is 1. The van der Waals surface area contributed by atoms with E-state index in [0.29, 0.717) is 29.5 Å². The van der Waals surface area contributed by atoms with Crippen molar-refractivity contribution < 1.29 is 4.79 Å². The summed E-state index contributed by atoms with van der Waals surface area (Å²) in [5, 5.41) is 10.4. The maximum Gasteiger partial charge on any atom is 0.273 e. The van der Waals surface area contributed by atoms with E-state index in [1.807, 2.05) is 18.2 Å². The molecular weight excluding hydrogens is 416 g/mol. The van der Waals surface area contributed by atoms with Gasteiger partial charge in [0.15, 0.2) is 0 Å². The molecule has 0 radical (unpaired) electrons. The second-order valence-corrected chi connectivity index (χ2v) is 9.75. The van der Waals surface area contributed by atoms with Crippen LogP contribution < -0.4 is 16.8 Å². The number of H-pyrrole nitrogens is 1. The van der Waals surface area contributed by atoms with Gasteiger partial charge < -0.3 is 16.8 Å². The highest BCUT2D eigenvalue weighted by Gasteiger charge is 2.38. The summed E-state index contributed by atoms with van der Waals surface area (Å²) in [6, 6.07) is 8.32. The molecule has 3 heterocycles. The van der Waals surface area contributed by atoms with Crippen LogP contribution in [0.3, 0.4) is 0 Å². The smallest absolute Gasteiger partial charge is 0.273 e. The number of anilines is 2. The summed E-state index contributed by atoms with van der Waals surface area (Å²) in [5.74, 6) is -0.0238. The van der Waals surface area contributed by atoms with Gasteiger partial charge in [-0.3, -0.25) is 14.8 Å². The van der Waals surface area contributed by atoms with Crippen LogP contribution in [-0.2, 0) is 18.4 Å². The van der Waals surface area contributed by atoms with Gasteiger partial charge in [0.2, 0.25) is 5.95 Å². The fourth-order valence-corrected chi connectivity index (χ4v) is 4.97. The number of hydrogen-bond donors (Lipinski definition) is 4. The van der Waals surface area contributed by atoms with Gasteiger partial charge in [-0.25, -0.2) is 9.97 Å². The number of aromatic nitrogens is 4. The average molecular weight is 447 g/mol. The molecule has 1 amide bonds. The fourth-order valence-electron chi connectivity index (χ4n) is 4.97. The number of nitrogen functional groups attached to an aromatic ring is 1. The molecule has 9 heteroatoms. The number of nitrogens with two attached hydrogens (primary N) is 2. The van der Waals surface area contributed by atoms with Gasteiger partial charge in [0.25, 0.3) is 5.91 Å². The van der Waals surface area contributed by atoms with Crippen LogP contribution in [-0.4, -0.2) is 50.1 Å². The van der Waals surface area contributed by atoms with E-state index in [1.165, 1.54) is 0 Å². The molecule has 0 bridgehead atoms. The van der Waals surface area contributed by atoms with Crippen LogP contribution in [0.1, 0.15) is 53.9 Å². The molecule has 5 rings (SSSR count). The van der Waals surface area contributed by atoms with E-state index in [4.69, 9.17) is 11.5 Å². The minimum atomic E-state index is -0.307. The lowest BCUT2D eigenvalue weighted by atomic mass is 9.73. The number of hydrogen-bond acceptors (Lipinski definition) is 7. The first-order chi connectivity index (χ1) is 15.8. The molecule has 1 aliphatic carbocycles. The van der Waals surface area contributed by atoms with Crippen LogP contribution in [0.4, 0.5) is 11.6 Å². The predicted octanol–water partition coefficient (Wildman–Crippen LogP) is 2.46. The van der Waals surface area contributed by atoms with Crippen molar-refractivity contribution in [3.05, 3.63) is 52.8 Å². The molecule has 2 aromatic heterocycles. The second kappa shape index (κ2) is 8.24. The number of fused-ring (bicyclic) bond motifs is 3. The number of piperidine rings is 1. The largest absolute Gasteiger partial charge is 0.368 e. The van der Waals surface area contributed by atoms with E-state index in [9.17, 15) is 4.79 Å². The van der Waals surface area contributed by atoms with Crippen LogP contribution >= 0.6 is 0 Å². The SMILES string of the molecule is CC1(C)Cc2cnc(N)nc2-c2n[nH]c(C(=O)Nc3cccc(CN4CCC(N)CC4)c3)c21. The first kappa shape index (κ1) is 21.5. The highest BCUT2D eigenvalue weighted by molar-refractivity contribution is 6.05. The molecule has 172 valence electrons. The summed E-state index contributed by atoms with van der Waals surface area (Å²) in [6.07, 6.45) is 4.50. The van der Waals surface area contributed by atoms with Gasteiger partial charge in [0.05, 0.1) is 5.69 Å². The third kappa shape index (κ3) is 4.21. The Hall–Kier alpha value is -3.30. The normalized spacial score (nSPS) is 17.9. The molecule has 0 unspecified atom stereocenters. The Balaban J connectivity index is 1.38. The standard InChI is InChI=1S/C24H30N8O/c1-24(2)11-15-12-27-23(26)29-19(15)20-18(24)21(31-30-20)22(33)28-17-5-3-4-14(10-17)13-32-8-6-16(25)7-9-32/h3-5,10,12,16H,6-9,11,13,25H2,1-2H3,(H,28,33)(H,30,31)(H2,26,27,29). The van der Waals surface area contributed by atoms with Crippen molar-refractivity contribution in [2.75, 3.05) is 24.1 Å². The first-order valence-electron chi connectivity index (χ1n) is 11.4. The molecular formula is C24H30N8O. The van der Waals surface area contributed by atoms with Crippen LogP contribution in [0.5, 0.6) is 0 Å². The van der Waals surface area contributed by atoms with Gasteiger partial charge >= 0.3 is 0 Å². The summed E-state index contributed by atoms with van der Waals surface area (Å²) >= 11 is 0. The van der Waals surface area contributed by atoms with Crippen LogP contribution in [0.15, 0.2) is 30.5 Å². The van der Waals surface area contributed by atoms with Crippen LogP contribution in [0.2, 0.25) is 0 Å². The van der Waals surface area contributed by atoms with Crippen molar-refractivity contribution >= 4 is 17.5 Å². The molecule has 3 aromatic rings. The molecule has 9 nitrogen and oxygen atoms in total. The van der Waals surface area contributed by atoms with Gasteiger partial charge in [0, 0.05) is 30.0 Å². The summed E-state index contributed by atoms with van der Waals surface area (Å²) in [4.78, 5) is 24.2. The minimum Gasteiger partial charge on any atom is -0.368 e. The molecule has 1 aliphatic heterocycles. The number of nitrogens with one attached hydrogen (secondary N) is 2. The van der Waals surface area contributed by atoms with Gasteiger partial charge in [-0.2, -0.15) is 5.10 Å². The Morgan fingerprint density at radius 3 is 2.85 bits per heavy atom. The van der Waals surface area contributed by atoms with E-state index in [-0.39, 0.29) is 17.3 Å². The third-order valence-corrected chi connectivity index (χ3v) is 6.63. The molecule has 0 spiro atoms. The molecule has 1 fully saturated rings. The molecule has 33 heavy (non-hydrogen) atoms. The van der Waals surface area contributed by atoms with Crippen molar-refractivity contribution in [2.45, 2.75) is 51.1 Å². The summed E-state index contributed by atoms with van der Waals surface area (Å²) in [5.41, 5.74) is 17.1. The number of nitrogens with zero attached hydrogens (tertiary/aromatic N) is 4. The summed E-state index contributed by atoms with van der Waals surface area (Å²) in [7, 11) is 0. The summed E-state index contributed by atoms with van der Waals surface area (Å²) in [6.45, 7) is 7.05. The maximum atomic E-state index is 13.3. The van der Waals surface area contributed by atoms with Crippen molar-refractivity contribution in [3.63, 3.8) is 0 Å². The van der Waals surface area contributed by atoms with E-state index in [2.05, 4.69) is 50.3 Å². The van der Waals surface area contributed by atoms with Crippen molar-refractivity contribution in [2.24, 2.45) is 5.73 Å². The molecule has 1 saturated heterocycles.